The maximum absolute atomic E-state index is 10.3. The van der Waals surface area contributed by atoms with Crippen LogP contribution in [0.2, 0.25) is 0 Å². The van der Waals surface area contributed by atoms with Crippen molar-refractivity contribution >= 4 is 12.3 Å². The van der Waals surface area contributed by atoms with E-state index in [-0.39, 0.29) is 5.92 Å². The molecule has 13 heavy (non-hydrogen) atoms. The molecule has 1 aliphatic rings. The molecule has 0 saturated heterocycles. The molecule has 1 aliphatic carbocycles. The summed E-state index contributed by atoms with van der Waals surface area (Å²) in [5.41, 5.74) is 0.653. The fraction of sp³-hybridized carbons (Fsp3) is 0.200. The van der Waals surface area contributed by atoms with Crippen molar-refractivity contribution in [1.82, 2.24) is 0 Å². The number of carboxylic acids is 1. The molecule has 0 aliphatic heterocycles. The third kappa shape index (κ3) is 3.07. The van der Waals surface area contributed by atoms with Gasteiger partial charge in [0.2, 0.25) is 0 Å². The topological polar surface area (TPSA) is 54.4 Å². The van der Waals surface area contributed by atoms with Crippen LogP contribution in [0.1, 0.15) is 6.42 Å². The Labute approximate surface area is 76.1 Å². The highest BCUT2D eigenvalue weighted by molar-refractivity contribution is 5.80. The van der Waals surface area contributed by atoms with Crippen molar-refractivity contribution in [2.24, 2.45) is 5.92 Å². The van der Waals surface area contributed by atoms with Crippen molar-refractivity contribution in [3.05, 3.63) is 36.0 Å². The number of carboxylic acid groups (broad SMARTS) is 1. The third-order valence-corrected chi connectivity index (χ3v) is 1.78. The van der Waals surface area contributed by atoms with E-state index in [9.17, 15) is 9.59 Å². The lowest BCUT2D eigenvalue weighted by Gasteiger charge is -2.08. The highest BCUT2D eigenvalue weighted by Gasteiger charge is 2.04. The normalized spacial score (nSPS) is 21.5. The van der Waals surface area contributed by atoms with Gasteiger partial charge in [0, 0.05) is 11.6 Å². The van der Waals surface area contributed by atoms with E-state index in [4.69, 9.17) is 5.11 Å². The zero-order valence-electron chi connectivity index (χ0n) is 7.01. The molecule has 0 saturated carbocycles. The van der Waals surface area contributed by atoms with E-state index in [0.29, 0.717) is 12.0 Å². The summed E-state index contributed by atoms with van der Waals surface area (Å²) >= 11 is 0. The molecule has 3 nitrogen and oxygen atoms in total. The van der Waals surface area contributed by atoms with Crippen LogP contribution in [0, 0.1) is 5.92 Å². The quantitative estimate of drug-likeness (QED) is 0.524. The van der Waals surface area contributed by atoms with Crippen LogP contribution in [0.4, 0.5) is 0 Å². The van der Waals surface area contributed by atoms with E-state index in [1.807, 2.05) is 6.08 Å². The highest BCUT2D eigenvalue weighted by atomic mass is 16.4. The van der Waals surface area contributed by atoms with Crippen molar-refractivity contribution in [2.45, 2.75) is 6.42 Å². The SMILES string of the molecule is O=CC1=CCC(/C=C/C(=O)O)C=C1. The fourth-order valence-corrected chi connectivity index (χ4v) is 1.09. The van der Waals surface area contributed by atoms with Gasteiger partial charge in [-0.1, -0.05) is 24.3 Å². The second kappa shape index (κ2) is 4.40. The minimum absolute atomic E-state index is 0.0970. The number of hydrogen-bond donors (Lipinski definition) is 1. The molecule has 0 amide bonds. The number of carbonyl (C=O) groups excluding carboxylic acids is 1. The molecule has 0 aromatic carbocycles. The Morgan fingerprint density at radius 2 is 2.38 bits per heavy atom. The maximum atomic E-state index is 10.3. The molecule has 1 N–H and O–H groups in total. The van der Waals surface area contributed by atoms with Crippen LogP contribution < -0.4 is 0 Å². The molecule has 0 heterocycles. The van der Waals surface area contributed by atoms with Crippen molar-refractivity contribution in [3.8, 4) is 0 Å². The minimum atomic E-state index is -0.946. The first-order valence-corrected chi connectivity index (χ1v) is 3.97. The average molecular weight is 178 g/mol. The predicted molar refractivity (Wildman–Crippen MR) is 48.2 cm³/mol. The van der Waals surface area contributed by atoms with Crippen LogP contribution >= 0.6 is 0 Å². The Morgan fingerprint density at radius 1 is 1.62 bits per heavy atom. The Hall–Kier alpha value is -1.64. The molecule has 0 spiro atoms. The highest BCUT2D eigenvalue weighted by Crippen LogP contribution is 2.16. The molecule has 1 unspecified atom stereocenters. The Morgan fingerprint density at radius 3 is 2.85 bits per heavy atom. The van der Waals surface area contributed by atoms with E-state index in [2.05, 4.69) is 0 Å². The average Bonchev–Trinajstić information content (AvgIpc) is 2.15. The van der Waals surface area contributed by atoms with Crippen LogP contribution in [-0.4, -0.2) is 17.4 Å². The minimum Gasteiger partial charge on any atom is -0.478 e. The van der Waals surface area contributed by atoms with Gasteiger partial charge < -0.3 is 5.11 Å². The van der Waals surface area contributed by atoms with Gasteiger partial charge >= 0.3 is 5.97 Å². The van der Waals surface area contributed by atoms with Gasteiger partial charge in [0.05, 0.1) is 0 Å². The first-order valence-electron chi connectivity index (χ1n) is 3.97. The third-order valence-electron chi connectivity index (χ3n) is 1.78. The summed E-state index contributed by atoms with van der Waals surface area (Å²) < 4.78 is 0. The summed E-state index contributed by atoms with van der Waals surface area (Å²) in [6.45, 7) is 0. The number of rotatable bonds is 3. The lowest BCUT2D eigenvalue weighted by molar-refractivity contribution is -0.131. The number of allylic oxidation sites excluding steroid dienone is 5. The maximum Gasteiger partial charge on any atom is 0.327 e. The number of hydrogen-bond acceptors (Lipinski definition) is 2. The van der Waals surface area contributed by atoms with Gasteiger partial charge in [-0.05, 0) is 12.3 Å². The number of aldehydes is 1. The summed E-state index contributed by atoms with van der Waals surface area (Å²) in [6, 6.07) is 0. The summed E-state index contributed by atoms with van der Waals surface area (Å²) in [6.07, 6.45) is 9.52. The predicted octanol–water partition coefficient (Wildman–Crippen LogP) is 1.33. The zero-order valence-corrected chi connectivity index (χ0v) is 7.01. The Kier molecular flexibility index (Phi) is 3.20. The first-order chi connectivity index (χ1) is 6.22. The Bertz CT molecular complexity index is 297. The standard InChI is InChI=1S/C10H10O3/c11-7-9-3-1-8(2-4-9)5-6-10(12)13/h1,3-8H,2H2,(H,12,13)/b6-5+. The second-order valence-corrected chi connectivity index (χ2v) is 2.78. The van der Waals surface area contributed by atoms with Crippen LogP contribution in [-0.2, 0) is 9.59 Å². The van der Waals surface area contributed by atoms with Crippen LogP contribution in [0.5, 0.6) is 0 Å². The molecule has 0 radical (unpaired) electrons. The van der Waals surface area contributed by atoms with Crippen LogP contribution in [0.25, 0.3) is 0 Å². The lowest BCUT2D eigenvalue weighted by Crippen LogP contribution is -1.98. The van der Waals surface area contributed by atoms with E-state index in [1.54, 1.807) is 18.2 Å². The van der Waals surface area contributed by atoms with Crippen molar-refractivity contribution in [1.29, 1.82) is 0 Å². The number of carbonyl (C=O) groups is 2. The van der Waals surface area contributed by atoms with Gasteiger partial charge in [-0.15, -0.1) is 0 Å². The van der Waals surface area contributed by atoms with Gasteiger partial charge in [-0.3, -0.25) is 4.79 Å². The van der Waals surface area contributed by atoms with Gasteiger partial charge in [0.25, 0.3) is 0 Å². The first kappa shape index (κ1) is 9.45. The lowest BCUT2D eigenvalue weighted by atomic mass is 9.97. The van der Waals surface area contributed by atoms with Crippen molar-refractivity contribution in [3.63, 3.8) is 0 Å². The van der Waals surface area contributed by atoms with Crippen LogP contribution in [0.3, 0.4) is 0 Å². The van der Waals surface area contributed by atoms with Gasteiger partial charge in [0.1, 0.15) is 6.29 Å². The van der Waals surface area contributed by atoms with Crippen LogP contribution in [0.15, 0.2) is 36.0 Å². The molecular formula is C10H10O3. The van der Waals surface area contributed by atoms with E-state index >= 15 is 0 Å². The Balaban J connectivity index is 2.52. The molecule has 1 atom stereocenters. The monoisotopic (exact) mass is 178 g/mol. The smallest absolute Gasteiger partial charge is 0.327 e. The fourth-order valence-electron chi connectivity index (χ4n) is 1.09. The summed E-state index contributed by atoms with van der Waals surface area (Å²) in [7, 11) is 0. The molecule has 0 bridgehead atoms. The molecule has 3 heteroatoms. The van der Waals surface area contributed by atoms with Crippen molar-refractivity contribution < 1.29 is 14.7 Å². The molecular weight excluding hydrogens is 168 g/mol. The van der Waals surface area contributed by atoms with Gasteiger partial charge in [-0.2, -0.15) is 0 Å². The molecule has 1 rings (SSSR count). The van der Waals surface area contributed by atoms with Gasteiger partial charge in [-0.25, -0.2) is 4.79 Å². The summed E-state index contributed by atoms with van der Waals surface area (Å²) in [5.74, 6) is -0.849. The molecule has 0 aromatic heterocycles. The molecule has 0 fully saturated rings. The molecule has 68 valence electrons. The molecule has 0 aromatic rings. The largest absolute Gasteiger partial charge is 0.478 e. The van der Waals surface area contributed by atoms with E-state index < -0.39 is 5.97 Å². The van der Waals surface area contributed by atoms with Crippen molar-refractivity contribution in [2.75, 3.05) is 0 Å². The van der Waals surface area contributed by atoms with Gasteiger partial charge in [0.15, 0.2) is 0 Å². The summed E-state index contributed by atoms with van der Waals surface area (Å²) in [5, 5.41) is 8.36. The number of aliphatic carboxylic acids is 1. The zero-order chi connectivity index (χ0) is 9.68. The second-order valence-electron chi connectivity index (χ2n) is 2.78. The van der Waals surface area contributed by atoms with E-state index in [1.165, 1.54) is 0 Å². The van der Waals surface area contributed by atoms with E-state index in [0.717, 1.165) is 12.4 Å². The summed E-state index contributed by atoms with van der Waals surface area (Å²) in [4.78, 5) is 20.5.